The lowest BCUT2D eigenvalue weighted by molar-refractivity contribution is 0.0954. The van der Waals surface area contributed by atoms with E-state index >= 15 is 0 Å². The molecule has 0 aliphatic carbocycles. The van der Waals surface area contributed by atoms with Crippen molar-refractivity contribution in [3.8, 4) is 0 Å². The lowest BCUT2D eigenvalue weighted by atomic mass is 10.2. The van der Waals surface area contributed by atoms with Crippen LogP contribution in [0.2, 0.25) is 0 Å². The molecular formula is C17H19N9O3. The number of nitrogens with two attached hydrogens (primary N) is 2. The summed E-state index contributed by atoms with van der Waals surface area (Å²) in [6.07, 6.45) is 1.50. The second kappa shape index (κ2) is 8.65. The van der Waals surface area contributed by atoms with Gasteiger partial charge in [0.1, 0.15) is 0 Å². The molecule has 0 fully saturated rings. The molecule has 150 valence electrons. The van der Waals surface area contributed by atoms with Crippen molar-refractivity contribution in [3.05, 3.63) is 52.1 Å². The van der Waals surface area contributed by atoms with Gasteiger partial charge in [0.15, 0.2) is 11.2 Å². The molecule has 0 atom stereocenters. The monoisotopic (exact) mass is 397 g/mol. The predicted molar refractivity (Wildman–Crippen MR) is 106 cm³/mol. The highest BCUT2D eigenvalue weighted by Gasteiger charge is 2.08. The highest BCUT2D eigenvalue weighted by atomic mass is 16.2. The van der Waals surface area contributed by atoms with E-state index in [0.29, 0.717) is 17.8 Å². The lowest BCUT2D eigenvalue weighted by Crippen LogP contribution is -2.37. The van der Waals surface area contributed by atoms with Gasteiger partial charge in [-0.05, 0) is 24.3 Å². The van der Waals surface area contributed by atoms with E-state index in [-0.39, 0.29) is 36.1 Å². The second-order valence-corrected chi connectivity index (χ2v) is 5.96. The number of aromatic amines is 1. The van der Waals surface area contributed by atoms with Gasteiger partial charge in [-0.15, -0.1) is 0 Å². The Labute approximate surface area is 164 Å². The van der Waals surface area contributed by atoms with Gasteiger partial charge in [-0.1, -0.05) is 0 Å². The number of primary amides is 1. The molecule has 29 heavy (non-hydrogen) atoms. The minimum absolute atomic E-state index is 0.0177. The standard InChI is InChI=1S/C17H19N9O3/c18-16-25-13-12(15(28)26-16)24-11(8-23-13)7-22-10-3-1-9(2-4-10)14(27)20-5-6-21-17(19)29/h1-4,8,22H,5-7H2,(H,20,27)(H3,19,21,29)(H3,18,23,25,26,28). The van der Waals surface area contributed by atoms with Crippen LogP contribution >= 0.6 is 0 Å². The van der Waals surface area contributed by atoms with Crippen LogP contribution in [0, 0.1) is 0 Å². The van der Waals surface area contributed by atoms with Crippen LogP contribution in [0.5, 0.6) is 0 Å². The lowest BCUT2D eigenvalue weighted by Gasteiger charge is -2.08. The van der Waals surface area contributed by atoms with Crippen molar-refractivity contribution >= 4 is 34.7 Å². The summed E-state index contributed by atoms with van der Waals surface area (Å²) in [4.78, 5) is 49.1. The van der Waals surface area contributed by atoms with Gasteiger partial charge in [0, 0.05) is 24.3 Å². The summed E-state index contributed by atoms with van der Waals surface area (Å²) in [6, 6.07) is 6.14. The van der Waals surface area contributed by atoms with Crippen molar-refractivity contribution in [2.45, 2.75) is 6.54 Å². The van der Waals surface area contributed by atoms with E-state index in [1.807, 2.05) is 0 Å². The van der Waals surface area contributed by atoms with Crippen molar-refractivity contribution in [1.29, 1.82) is 0 Å². The fourth-order valence-corrected chi connectivity index (χ4v) is 2.45. The molecule has 2 aromatic heterocycles. The van der Waals surface area contributed by atoms with Crippen LogP contribution < -0.4 is 33.0 Å². The first-order chi connectivity index (χ1) is 13.9. The summed E-state index contributed by atoms with van der Waals surface area (Å²) in [7, 11) is 0. The molecular weight excluding hydrogens is 378 g/mol. The quantitative estimate of drug-likeness (QED) is 0.282. The molecule has 3 rings (SSSR count). The fourth-order valence-electron chi connectivity index (χ4n) is 2.45. The van der Waals surface area contributed by atoms with Crippen molar-refractivity contribution in [2.75, 3.05) is 24.1 Å². The highest BCUT2D eigenvalue weighted by Crippen LogP contribution is 2.11. The topological polar surface area (TPSA) is 194 Å². The zero-order chi connectivity index (χ0) is 20.8. The molecule has 0 bridgehead atoms. The number of urea groups is 1. The molecule has 3 aromatic rings. The molecule has 2 heterocycles. The van der Waals surface area contributed by atoms with Gasteiger partial charge >= 0.3 is 6.03 Å². The third-order valence-electron chi connectivity index (χ3n) is 3.82. The maximum Gasteiger partial charge on any atom is 0.312 e. The summed E-state index contributed by atoms with van der Waals surface area (Å²) in [5.74, 6) is -0.287. The molecule has 12 nitrogen and oxygen atoms in total. The highest BCUT2D eigenvalue weighted by molar-refractivity contribution is 5.94. The van der Waals surface area contributed by atoms with Crippen LogP contribution in [0.4, 0.5) is 16.4 Å². The number of carbonyl (C=O) groups is 2. The van der Waals surface area contributed by atoms with E-state index in [0.717, 1.165) is 5.69 Å². The van der Waals surface area contributed by atoms with Crippen LogP contribution in [0.25, 0.3) is 11.2 Å². The third kappa shape index (κ3) is 5.15. The summed E-state index contributed by atoms with van der Waals surface area (Å²) in [5.41, 5.74) is 12.0. The Morgan fingerprint density at radius 1 is 1.07 bits per heavy atom. The van der Waals surface area contributed by atoms with E-state index in [9.17, 15) is 14.4 Å². The number of hydrogen-bond acceptors (Lipinski definition) is 8. The molecule has 0 saturated carbocycles. The number of nitrogens with zero attached hydrogens (tertiary/aromatic N) is 3. The number of nitrogen functional groups attached to an aromatic ring is 1. The van der Waals surface area contributed by atoms with Crippen LogP contribution in [0.1, 0.15) is 16.1 Å². The molecule has 0 saturated heterocycles. The SMILES string of the molecule is NC(=O)NCCNC(=O)c1ccc(NCc2cnc3nc(N)[nH]c(=O)c3n2)cc1. The van der Waals surface area contributed by atoms with E-state index in [1.54, 1.807) is 24.3 Å². The Bertz CT molecular complexity index is 1100. The van der Waals surface area contributed by atoms with Crippen LogP contribution in [0.3, 0.4) is 0 Å². The molecule has 3 amide bonds. The number of H-pyrrole nitrogens is 1. The maximum absolute atomic E-state index is 12.0. The molecule has 0 unspecified atom stereocenters. The third-order valence-corrected chi connectivity index (χ3v) is 3.82. The van der Waals surface area contributed by atoms with E-state index in [1.165, 1.54) is 6.20 Å². The molecule has 0 spiro atoms. The first kappa shape index (κ1) is 19.5. The zero-order valence-electron chi connectivity index (χ0n) is 15.2. The van der Waals surface area contributed by atoms with Gasteiger partial charge in [0.25, 0.3) is 11.5 Å². The molecule has 1 aromatic carbocycles. The second-order valence-electron chi connectivity index (χ2n) is 5.96. The van der Waals surface area contributed by atoms with Crippen molar-refractivity contribution < 1.29 is 9.59 Å². The Balaban J connectivity index is 1.57. The molecule has 12 heteroatoms. The van der Waals surface area contributed by atoms with Gasteiger partial charge in [-0.2, -0.15) is 4.98 Å². The van der Waals surface area contributed by atoms with Crippen molar-refractivity contribution in [1.82, 2.24) is 30.6 Å². The van der Waals surface area contributed by atoms with Crippen molar-refractivity contribution in [3.63, 3.8) is 0 Å². The Morgan fingerprint density at radius 3 is 2.52 bits per heavy atom. The number of carbonyl (C=O) groups excluding carboxylic acids is 2. The first-order valence-electron chi connectivity index (χ1n) is 8.59. The minimum atomic E-state index is -0.643. The molecule has 0 aliphatic rings. The van der Waals surface area contributed by atoms with Gasteiger partial charge in [-0.25, -0.2) is 14.8 Å². The average molecular weight is 397 g/mol. The summed E-state index contributed by atoms with van der Waals surface area (Å²) >= 11 is 0. The summed E-state index contributed by atoms with van der Waals surface area (Å²) in [6.45, 7) is 0.831. The predicted octanol–water partition coefficient (Wildman–Crippen LogP) is -0.694. The number of nitrogens with one attached hydrogen (secondary N) is 4. The Hall–Kier alpha value is -4.22. The minimum Gasteiger partial charge on any atom is -0.379 e. The van der Waals surface area contributed by atoms with Gasteiger partial charge in [-0.3, -0.25) is 14.6 Å². The van der Waals surface area contributed by atoms with Gasteiger partial charge in [0.05, 0.1) is 18.4 Å². The largest absolute Gasteiger partial charge is 0.379 e. The number of hydrogen-bond donors (Lipinski definition) is 6. The number of fused-ring (bicyclic) bond motifs is 1. The number of rotatable bonds is 7. The molecule has 0 radical (unpaired) electrons. The fraction of sp³-hybridized carbons (Fsp3) is 0.176. The van der Waals surface area contributed by atoms with E-state index < -0.39 is 11.6 Å². The number of amides is 3. The normalized spacial score (nSPS) is 10.5. The number of aromatic nitrogens is 4. The van der Waals surface area contributed by atoms with Crippen molar-refractivity contribution in [2.24, 2.45) is 5.73 Å². The number of benzene rings is 1. The van der Waals surface area contributed by atoms with Gasteiger partial charge in [0.2, 0.25) is 5.95 Å². The first-order valence-corrected chi connectivity index (χ1v) is 8.59. The zero-order valence-corrected chi connectivity index (χ0v) is 15.2. The van der Waals surface area contributed by atoms with E-state index in [2.05, 4.69) is 35.9 Å². The summed E-state index contributed by atoms with van der Waals surface area (Å²) in [5, 5.41) is 8.18. The van der Waals surface area contributed by atoms with Crippen LogP contribution in [0.15, 0.2) is 35.3 Å². The smallest absolute Gasteiger partial charge is 0.312 e. The maximum atomic E-state index is 12.0. The Kier molecular flexibility index (Phi) is 5.83. The number of anilines is 2. The average Bonchev–Trinajstić information content (AvgIpc) is 2.70. The van der Waals surface area contributed by atoms with E-state index in [4.69, 9.17) is 11.5 Å². The van der Waals surface area contributed by atoms with Crippen LogP contribution in [-0.2, 0) is 6.54 Å². The molecule has 8 N–H and O–H groups in total. The van der Waals surface area contributed by atoms with Crippen LogP contribution in [-0.4, -0.2) is 45.0 Å². The summed E-state index contributed by atoms with van der Waals surface area (Å²) < 4.78 is 0. The Morgan fingerprint density at radius 2 is 1.79 bits per heavy atom. The molecule has 0 aliphatic heterocycles. The van der Waals surface area contributed by atoms with Gasteiger partial charge < -0.3 is 27.4 Å².